The average Bonchev–Trinajstić information content (AvgIpc) is 2.97. The van der Waals surface area contributed by atoms with Gasteiger partial charge in [-0.1, -0.05) is 18.2 Å². The predicted molar refractivity (Wildman–Crippen MR) is 92.4 cm³/mol. The minimum absolute atomic E-state index is 0.180. The highest BCUT2D eigenvalue weighted by molar-refractivity contribution is 5.74. The van der Waals surface area contributed by atoms with Crippen molar-refractivity contribution in [2.45, 2.75) is 32.5 Å². The summed E-state index contributed by atoms with van der Waals surface area (Å²) in [5, 5.41) is 6.66. The van der Waals surface area contributed by atoms with E-state index in [1.807, 2.05) is 52.2 Å². The van der Waals surface area contributed by atoms with E-state index in [4.69, 9.17) is 9.26 Å². The van der Waals surface area contributed by atoms with Gasteiger partial charge in [0.1, 0.15) is 11.4 Å². The molecule has 0 saturated carbocycles. The number of anilines is 1. The predicted octanol–water partition coefficient (Wildman–Crippen LogP) is 2.02. The van der Waals surface area contributed by atoms with E-state index >= 15 is 0 Å². The van der Waals surface area contributed by atoms with E-state index in [1.54, 1.807) is 9.80 Å². The van der Waals surface area contributed by atoms with Crippen LogP contribution in [0.3, 0.4) is 0 Å². The Morgan fingerprint density at radius 3 is 2.84 bits per heavy atom. The van der Waals surface area contributed by atoms with Crippen LogP contribution in [0.2, 0.25) is 0 Å². The summed E-state index contributed by atoms with van der Waals surface area (Å²) in [6.07, 6.45) is 0. The molecule has 3 rings (SSSR count). The second-order valence-electron chi connectivity index (χ2n) is 6.87. The number of hydrogen-bond donors (Lipinski definition) is 1. The molecule has 134 valence electrons. The van der Waals surface area contributed by atoms with Crippen molar-refractivity contribution in [3.05, 3.63) is 35.7 Å². The van der Waals surface area contributed by atoms with Gasteiger partial charge in [0.25, 0.3) is 5.95 Å². The molecule has 8 heteroatoms. The summed E-state index contributed by atoms with van der Waals surface area (Å²) in [6.45, 7) is 5.07. The smallest absolute Gasteiger partial charge is 0.318 e. The minimum atomic E-state index is -0.480. The summed E-state index contributed by atoms with van der Waals surface area (Å²) < 4.78 is 11.2. The third kappa shape index (κ3) is 4.01. The first kappa shape index (κ1) is 17.1. The molecule has 1 aliphatic heterocycles. The van der Waals surface area contributed by atoms with Crippen LogP contribution in [0.15, 0.2) is 28.8 Å². The Hall–Kier alpha value is -2.77. The fourth-order valence-corrected chi connectivity index (χ4v) is 2.69. The Balaban J connectivity index is 1.68. The first-order valence-electron chi connectivity index (χ1n) is 8.14. The highest BCUT2D eigenvalue weighted by Crippen LogP contribution is 2.29. The summed E-state index contributed by atoms with van der Waals surface area (Å²) in [4.78, 5) is 20.3. The molecular formula is C17H23N5O3. The maximum absolute atomic E-state index is 12.6. The molecule has 8 nitrogen and oxygen atoms in total. The number of carbonyl (C=O) groups excluding carboxylic acids is 1. The van der Waals surface area contributed by atoms with Gasteiger partial charge >= 0.3 is 6.03 Å². The number of para-hydroxylation sites is 1. The van der Waals surface area contributed by atoms with Gasteiger partial charge in [-0.25, -0.2) is 4.79 Å². The molecule has 0 unspecified atom stereocenters. The monoisotopic (exact) mass is 345 g/mol. The van der Waals surface area contributed by atoms with Crippen LogP contribution in [-0.4, -0.2) is 47.3 Å². The lowest BCUT2D eigenvalue weighted by Gasteiger charge is -2.29. The maximum atomic E-state index is 12.6. The van der Waals surface area contributed by atoms with E-state index in [0.717, 1.165) is 11.3 Å². The van der Waals surface area contributed by atoms with Crippen molar-refractivity contribution in [2.75, 3.05) is 25.5 Å². The lowest BCUT2D eigenvalue weighted by molar-refractivity contribution is 0.0805. The molecule has 2 aromatic rings. The Morgan fingerprint density at radius 1 is 1.36 bits per heavy atom. The number of amides is 2. The molecule has 2 amide bonds. The second kappa shape index (κ2) is 6.62. The Kier molecular flexibility index (Phi) is 4.52. The summed E-state index contributed by atoms with van der Waals surface area (Å²) in [5.74, 6) is 1.65. The number of urea groups is 1. The number of carbonyl (C=O) groups is 1. The lowest BCUT2D eigenvalue weighted by atomic mass is 10.1. The average molecular weight is 345 g/mol. The zero-order chi connectivity index (χ0) is 18.0. The van der Waals surface area contributed by atoms with Gasteiger partial charge in [-0.3, -0.25) is 0 Å². The molecule has 0 fully saturated rings. The molecule has 0 radical (unpaired) electrons. The minimum Gasteiger partial charge on any atom is -0.486 e. The summed E-state index contributed by atoms with van der Waals surface area (Å²) in [7, 11) is 3.65. The van der Waals surface area contributed by atoms with Crippen LogP contribution >= 0.6 is 0 Å². The zero-order valence-electron chi connectivity index (χ0n) is 14.9. The Labute approximate surface area is 146 Å². The number of hydrogen-bond acceptors (Lipinski definition) is 6. The summed E-state index contributed by atoms with van der Waals surface area (Å²) in [6, 6.07) is 7.58. The first-order chi connectivity index (χ1) is 11.8. The number of rotatable bonds is 3. The topological polar surface area (TPSA) is 83.7 Å². The molecule has 25 heavy (non-hydrogen) atoms. The molecule has 1 aliphatic rings. The third-order valence-electron chi connectivity index (χ3n) is 3.83. The number of benzene rings is 1. The van der Waals surface area contributed by atoms with Crippen molar-refractivity contribution in [3.8, 4) is 5.75 Å². The molecule has 0 saturated heterocycles. The SMILES string of the molecule is CN(C)c1noc(CNC(=O)N2Cc3ccccc3OC(C)(C)C2)n1. The van der Waals surface area contributed by atoms with E-state index in [-0.39, 0.29) is 12.6 Å². The van der Waals surface area contributed by atoms with Gasteiger partial charge in [0.15, 0.2) is 0 Å². The molecule has 0 spiro atoms. The molecule has 2 heterocycles. The molecule has 0 atom stereocenters. The normalized spacial score (nSPS) is 15.8. The third-order valence-corrected chi connectivity index (χ3v) is 3.83. The molecular weight excluding hydrogens is 322 g/mol. The van der Waals surface area contributed by atoms with Crippen LogP contribution in [0, 0.1) is 0 Å². The van der Waals surface area contributed by atoms with Gasteiger partial charge in [-0.05, 0) is 25.1 Å². The molecule has 1 N–H and O–H groups in total. The number of fused-ring (bicyclic) bond motifs is 1. The first-order valence-corrected chi connectivity index (χ1v) is 8.14. The van der Waals surface area contributed by atoms with E-state index in [0.29, 0.717) is 24.9 Å². The molecule has 0 aliphatic carbocycles. The molecule has 1 aromatic carbocycles. The van der Waals surface area contributed by atoms with Crippen molar-refractivity contribution in [1.82, 2.24) is 20.4 Å². The van der Waals surface area contributed by atoms with E-state index in [9.17, 15) is 4.79 Å². The van der Waals surface area contributed by atoms with Crippen molar-refractivity contribution in [1.29, 1.82) is 0 Å². The summed E-state index contributed by atoms with van der Waals surface area (Å²) in [5.41, 5.74) is 0.503. The highest BCUT2D eigenvalue weighted by Gasteiger charge is 2.31. The fraction of sp³-hybridized carbons (Fsp3) is 0.471. The number of aromatic nitrogens is 2. The highest BCUT2D eigenvalue weighted by atomic mass is 16.5. The van der Waals surface area contributed by atoms with Gasteiger partial charge < -0.3 is 24.4 Å². The van der Waals surface area contributed by atoms with E-state index < -0.39 is 5.60 Å². The maximum Gasteiger partial charge on any atom is 0.318 e. The van der Waals surface area contributed by atoms with Crippen molar-refractivity contribution < 1.29 is 14.1 Å². The Morgan fingerprint density at radius 2 is 2.12 bits per heavy atom. The molecule has 0 bridgehead atoms. The van der Waals surface area contributed by atoms with E-state index in [2.05, 4.69) is 15.5 Å². The van der Waals surface area contributed by atoms with Crippen LogP contribution < -0.4 is 15.0 Å². The van der Waals surface area contributed by atoms with Gasteiger partial charge in [-0.2, -0.15) is 4.98 Å². The molecule has 1 aromatic heterocycles. The van der Waals surface area contributed by atoms with Crippen molar-refractivity contribution in [2.24, 2.45) is 0 Å². The van der Waals surface area contributed by atoms with E-state index in [1.165, 1.54) is 0 Å². The van der Waals surface area contributed by atoms with Crippen LogP contribution in [0.4, 0.5) is 10.7 Å². The number of nitrogens with zero attached hydrogens (tertiary/aromatic N) is 4. The largest absolute Gasteiger partial charge is 0.486 e. The fourth-order valence-electron chi connectivity index (χ4n) is 2.69. The van der Waals surface area contributed by atoms with Gasteiger partial charge in [0, 0.05) is 19.7 Å². The lowest BCUT2D eigenvalue weighted by Crippen LogP contribution is -2.47. The van der Waals surface area contributed by atoms with Crippen molar-refractivity contribution >= 4 is 12.0 Å². The number of ether oxygens (including phenoxy) is 1. The second-order valence-corrected chi connectivity index (χ2v) is 6.87. The van der Waals surface area contributed by atoms with Crippen LogP contribution in [0.1, 0.15) is 25.3 Å². The summed E-state index contributed by atoms with van der Waals surface area (Å²) >= 11 is 0. The van der Waals surface area contributed by atoms with Crippen LogP contribution in [0.25, 0.3) is 0 Å². The van der Waals surface area contributed by atoms with Gasteiger partial charge in [0.05, 0.1) is 19.6 Å². The Bertz CT molecular complexity index is 756. The van der Waals surface area contributed by atoms with Crippen LogP contribution in [0.5, 0.6) is 5.75 Å². The van der Waals surface area contributed by atoms with Crippen LogP contribution in [-0.2, 0) is 13.1 Å². The number of nitrogens with one attached hydrogen (secondary N) is 1. The quantitative estimate of drug-likeness (QED) is 0.916. The van der Waals surface area contributed by atoms with Gasteiger partial charge in [0.2, 0.25) is 5.89 Å². The van der Waals surface area contributed by atoms with Gasteiger partial charge in [-0.15, -0.1) is 0 Å². The zero-order valence-corrected chi connectivity index (χ0v) is 14.9. The standard InChI is InChI=1S/C17H23N5O3/c1-17(2)11-22(10-12-7-5-6-8-13(12)24-17)16(23)18-9-14-19-15(20-25-14)21(3)4/h5-8H,9-11H2,1-4H3,(H,18,23). The van der Waals surface area contributed by atoms with Crippen molar-refractivity contribution in [3.63, 3.8) is 0 Å².